The molecule has 5 heterocycles. The first-order chi connectivity index (χ1) is 18.3. The summed E-state index contributed by atoms with van der Waals surface area (Å²) < 4.78 is 19.6. The Morgan fingerprint density at radius 3 is 2.49 bits per heavy atom. The largest absolute Gasteiger partial charge is 0.423 e. The lowest BCUT2D eigenvalue weighted by atomic mass is 9.77. The molecule has 1 atom stereocenters. The summed E-state index contributed by atoms with van der Waals surface area (Å²) in [5.41, 5.74) is 6.14. The zero-order chi connectivity index (χ0) is 23.9. The van der Waals surface area contributed by atoms with E-state index in [2.05, 4.69) is 100 Å². The molecule has 1 aliphatic carbocycles. The van der Waals surface area contributed by atoms with Gasteiger partial charge < -0.3 is 14.0 Å². The highest BCUT2D eigenvalue weighted by molar-refractivity contribution is 7.25. The third kappa shape index (κ3) is 1.93. The number of nitrogens with zero attached hydrogens (tertiary/aromatic N) is 2. The monoisotopic (exact) mass is 493 g/mol. The smallest absolute Gasteiger partial charge is 0.377 e. The fourth-order valence-electron chi connectivity index (χ4n) is 6.86. The topological polar surface area (TPSA) is 27.3 Å². The molecule has 0 amide bonds. The second kappa shape index (κ2) is 6.02. The van der Waals surface area contributed by atoms with Gasteiger partial charge in [0.2, 0.25) is 0 Å². The molecular weight excluding hydrogens is 476 g/mol. The molecular formula is C32H17N2O2S+. The number of benzene rings is 4. The number of ether oxygens (including phenoxy) is 2. The van der Waals surface area contributed by atoms with Gasteiger partial charge in [0.1, 0.15) is 21.9 Å². The Hall–Kier alpha value is -4.61. The van der Waals surface area contributed by atoms with Gasteiger partial charge in [-0.3, -0.25) is 0 Å². The van der Waals surface area contributed by atoms with Crippen molar-refractivity contribution in [3.05, 3.63) is 114 Å². The number of hydrogen-bond donors (Lipinski definition) is 0. The van der Waals surface area contributed by atoms with Crippen LogP contribution >= 0.6 is 11.3 Å². The van der Waals surface area contributed by atoms with Crippen LogP contribution in [0, 0.1) is 0 Å². The van der Waals surface area contributed by atoms with Crippen molar-refractivity contribution in [3.63, 3.8) is 0 Å². The predicted octanol–water partition coefficient (Wildman–Crippen LogP) is 7.51. The fourth-order valence-corrected chi connectivity index (χ4v) is 8.11. The number of aromatic nitrogens is 2. The molecule has 0 fully saturated rings. The van der Waals surface area contributed by atoms with Crippen molar-refractivity contribution >= 4 is 42.5 Å². The summed E-state index contributed by atoms with van der Waals surface area (Å²) in [4.78, 5) is 1.26. The Labute approximate surface area is 215 Å². The molecule has 4 nitrogen and oxygen atoms in total. The molecule has 7 aromatic rings. The van der Waals surface area contributed by atoms with Crippen LogP contribution in [-0.2, 0) is 5.72 Å². The second-order valence-electron chi connectivity index (χ2n) is 9.90. The molecule has 0 saturated heterocycles. The molecule has 3 aliphatic rings. The predicted molar refractivity (Wildman–Crippen MR) is 145 cm³/mol. The van der Waals surface area contributed by atoms with E-state index in [0.717, 1.165) is 28.5 Å². The summed E-state index contributed by atoms with van der Waals surface area (Å²) >= 11 is 1.84. The standard InChI is InChI=1S/C32H17N2O2S/c1-2-8-18(9-3-1)34-21-14-13-20-19-10-4-5-11-22(19)36-32-29(20)26(21)28-27-24(37-31(28)34)16-15-23(30(27)32)35-25-12-6-7-17-33(25)32/h1-17H/q+1. The van der Waals surface area contributed by atoms with Crippen LogP contribution in [0.15, 0.2) is 103 Å². The van der Waals surface area contributed by atoms with E-state index in [0.29, 0.717) is 0 Å². The molecule has 4 aromatic carbocycles. The second-order valence-corrected chi connectivity index (χ2v) is 10.9. The highest BCUT2D eigenvalue weighted by Gasteiger charge is 2.61. The minimum atomic E-state index is -0.864. The molecule has 1 unspecified atom stereocenters. The third-order valence-electron chi connectivity index (χ3n) is 8.18. The van der Waals surface area contributed by atoms with Crippen molar-refractivity contribution in [2.24, 2.45) is 0 Å². The number of fused-ring (bicyclic) bond motifs is 3. The van der Waals surface area contributed by atoms with Crippen LogP contribution in [0.5, 0.6) is 17.4 Å². The van der Waals surface area contributed by atoms with Crippen molar-refractivity contribution in [3.8, 4) is 34.2 Å². The zero-order valence-corrected chi connectivity index (χ0v) is 20.3. The van der Waals surface area contributed by atoms with Crippen LogP contribution in [0.2, 0.25) is 0 Å². The van der Waals surface area contributed by atoms with Gasteiger partial charge in [-0.05, 0) is 42.5 Å². The molecule has 2 aliphatic heterocycles. The number of rotatable bonds is 1. The van der Waals surface area contributed by atoms with E-state index in [1.54, 1.807) is 0 Å². The SMILES string of the molecule is c1ccc(-n2c3ccc4c5c3c3c6c7c(ccc6sc32)Oc2cccc[n+]2C75Oc2ccccc2-4)cc1. The lowest BCUT2D eigenvalue weighted by Gasteiger charge is -2.40. The molecule has 0 bridgehead atoms. The van der Waals surface area contributed by atoms with Crippen molar-refractivity contribution in [1.29, 1.82) is 0 Å². The normalized spacial score (nSPS) is 17.7. The Kier molecular flexibility index (Phi) is 3.03. The minimum absolute atomic E-state index is 0.772. The van der Waals surface area contributed by atoms with Crippen LogP contribution < -0.4 is 14.0 Å². The van der Waals surface area contributed by atoms with Gasteiger partial charge in [-0.25, -0.2) is 0 Å². The average Bonchev–Trinajstić information content (AvgIpc) is 3.48. The van der Waals surface area contributed by atoms with Crippen LogP contribution in [0.4, 0.5) is 0 Å². The Morgan fingerprint density at radius 2 is 1.54 bits per heavy atom. The highest BCUT2D eigenvalue weighted by atomic mass is 32.1. The van der Waals surface area contributed by atoms with E-state index in [1.807, 2.05) is 23.5 Å². The summed E-state index contributed by atoms with van der Waals surface area (Å²) in [6, 6.07) is 34.1. The number of para-hydroxylation sites is 2. The lowest BCUT2D eigenvalue weighted by Crippen LogP contribution is -2.64. The summed E-state index contributed by atoms with van der Waals surface area (Å²) in [7, 11) is 0. The van der Waals surface area contributed by atoms with Crippen LogP contribution in [0.25, 0.3) is 48.0 Å². The van der Waals surface area contributed by atoms with Gasteiger partial charge >= 0.3 is 11.6 Å². The van der Waals surface area contributed by atoms with E-state index in [-0.39, 0.29) is 0 Å². The molecule has 3 aromatic heterocycles. The van der Waals surface area contributed by atoms with Gasteiger partial charge in [0, 0.05) is 43.7 Å². The highest BCUT2D eigenvalue weighted by Crippen LogP contribution is 2.61. The quantitative estimate of drug-likeness (QED) is 0.221. The Morgan fingerprint density at radius 1 is 0.676 bits per heavy atom. The molecule has 37 heavy (non-hydrogen) atoms. The number of hydrogen-bond acceptors (Lipinski definition) is 3. The first-order valence-electron chi connectivity index (χ1n) is 12.4. The molecule has 172 valence electrons. The third-order valence-corrected chi connectivity index (χ3v) is 9.32. The average molecular weight is 494 g/mol. The van der Waals surface area contributed by atoms with Gasteiger partial charge in [-0.15, -0.1) is 15.9 Å². The number of pyridine rings is 1. The molecule has 5 heteroatoms. The van der Waals surface area contributed by atoms with Crippen molar-refractivity contribution in [2.75, 3.05) is 0 Å². The summed E-state index contributed by atoms with van der Waals surface area (Å²) in [6.45, 7) is 0. The first-order valence-corrected chi connectivity index (χ1v) is 13.3. The summed E-state index contributed by atoms with van der Waals surface area (Å²) in [5, 5.41) is 3.81. The van der Waals surface area contributed by atoms with Crippen LogP contribution in [0.1, 0.15) is 11.1 Å². The summed E-state index contributed by atoms with van der Waals surface area (Å²) in [5.74, 6) is 2.52. The van der Waals surface area contributed by atoms with Gasteiger partial charge in [0.15, 0.2) is 6.20 Å². The maximum absolute atomic E-state index is 7.24. The van der Waals surface area contributed by atoms with Gasteiger partial charge in [0.05, 0.1) is 17.1 Å². The molecule has 0 radical (unpaired) electrons. The van der Waals surface area contributed by atoms with E-state index < -0.39 is 5.72 Å². The Bertz CT molecular complexity index is 2160. The number of thiophene rings is 1. The van der Waals surface area contributed by atoms with Gasteiger partial charge in [-0.1, -0.05) is 42.5 Å². The maximum Gasteiger partial charge on any atom is 0.377 e. The van der Waals surface area contributed by atoms with Crippen LogP contribution in [0.3, 0.4) is 0 Å². The van der Waals surface area contributed by atoms with E-state index in [9.17, 15) is 0 Å². The van der Waals surface area contributed by atoms with Gasteiger partial charge in [-0.2, -0.15) is 0 Å². The van der Waals surface area contributed by atoms with Crippen molar-refractivity contribution in [1.82, 2.24) is 4.57 Å². The van der Waals surface area contributed by atoms with Crippen molar-refractivity contribution < 1.29 is 14.0 Å². The molecule has 10 rings (SSSR count). The zero-order valence-electron chi connectivity index (χ0n) is 19.4. The minimum Gasteiger partial charge on any atom is -0.423 e. The van der Waals surface area contributed by atoms with Gasteiger partial charge in [0.25, 0.3) is 0 Å². The first kappa shape index (κ1) is 18.6. The maximum atomic E-state index is 7.24. The van der Waals surface area contributed by atoms with Crippen molar-refractivity contribution in [2.45, 2.75) is 5.72 Å². The van der Waals surface area contributed by atoms with E-state index >= 15 is 0 Å². The lowest BCUT2D eigenvalue weighted by molar-refractivity contribution is -0.783. The van der Waals surface area contributed by atoms with E-state index in [4.69, 9.17) is 9.47 Å². The molecule has 0 N–H and O–H groups in total. The molecule has 1 spiro atoms. The van der Waals surface area contributed by atoms with E-state index in [1.165, 1.54) is 48.0 Å². The van der Waals surface area contributed by atoms with Crippen LogP contribution in [-0.4, -0.2) is 4.57 Å². The Balaban J connectivity index is 1.53. The summed E-state index contributed by atoms with van der Waals surface area (Å²) in [6.07, 6.45) is 2.09. The molecule has 0 saturated carbocycles. The fraction of sp³-hybridized carbons (Fsp3) is 0.0312.